The lowest BCUT2D eigenvalue weighted by atomic mass is 9.93. The fraction of sp³-hybridized carbons (Fsp3) is 0.235. The Labute approximate surface area is 132 Å². The summed E-state index contributed by atoms with van der Waals surface area (Å²) in [5, 5.41) is 9.48. The second-order valence-corrected chi connectivity index (χ2v) is 5.68. The van der Waals surface area contributed by atoms with Gasteiger partial charge in [-0.25, -0.2) is 4.79 Å². The number of carboxylic acids is 1. The summed E-state index contributed by atoms with van der Waals surface area (Å²) in [4.78, 5) is 39.8. The molecule has 0 aliphatic carbocycles. The van der Waals surface area contributed by atoms with Gasteiger partial charge < -0.3 is 15.0 Å². The van der Waals surface area contributed by atoms with Crippen LogP contribution in [-0.4, -0.2) is 32.9 Å². The van der Waals surface area contributed by atoms with Crippen molar-refractivity contribution in [2.75, 3.05) is 0 Å². The monoisotopic (exact) mass is 312 g/mol. The van der Waals surface area contributed by atoms with Crippen molar-refractivity contribution in [3.8, 4) is 0 Å². The Morgan fingerprint density at radius 3 is 2.57 bits per heavy atom. The predicted molar refractivity (Wildman–Crippen MR) is 83.2 cm³/mol. The number of rotatable bonds is 2. The topological polar surface area (TPSA) is 90.5 Å². The van der Waals surface area contributed by atoms with E-state index in [1.807, 2.05) is 24.3 Å². The van der Waals surface area contributed by atoms with Crippen molar-refractivity contribution >= 4 is 11.9 Å². The minimum absolute atomic E-state index is 0.205. The molecule has 2 aromatic rings. The molecule has 0 fully saturated rings. The summed E-state index contributed by atoms with van der Waals surface area (Å²) in [6, 6.07) is 9.31. The van der Waals surface area contributed by atoms with Crippen LogP contribution in [0.25, 0.3) is 0 Å². The maximum absolute atomic E-state index is 12.7. The van der Waals surface area contributed by atoms with Crippen molar-refractivity contribution in [2.45, 2.75) is 25.9 Å². The van der Waals surface area contributed by atoms with Crippen LogP contribution in [0.1, 0.15) is 27.2 Å². The van der Waals surface area contributed by atoms with Crippen LogP contribution in [0, 0.1) is 6.92 Å². The molecule has 6 heteroatoms. The van der Waals surface area contributed by atoms with Gasteiger partial charge in [-0.05, 0) is 24.1 Å². The number of hydrogen-bond donors (Lipinski definition) is 2. The molecule has 0 radical (unpaired) electrons. The van der Waals surface area contributed by atoms with E-state index < -0.39 is 17.9 Å². The number of aromatic nitrogens is 1. The number of aliphatic carboxylic acids is 1. The third kappa shape index (κ3) is 2.88. The number of aromatic amines is 1. The molecule has 0 spiro atoms. The minimum atomic E-state index is -1.05. The van der Waals surface area contributed by atoms with Gasteiger partial charge in [0.15, 0.2) is 0 Å². The van der Waals surface area contributed by atoms with Gasteiger partial charge >= 0.3 is 5.97 Å². The summed E-state index contributed by atoms with van der Waals surface area (Å²) in [6.45, 7) is 1.90. The van der Waals surface area contributed by atoms with Gasteiger partial charge in [-0.3, -0.25) is 9.59 Å². The number of carbonyl (C=O) groups is 2. The quantitative estimate of drug-likeness (QED) is 0.875. The van der Waals surface area contributed by atoms with Gasteiger partial charge in [-0.15, -0.1) is 0 Å². The lowest BCUT2D eigenvalue weighted by Crippen LogP contribution is -2.48. The van der Waals surface area contributed by atoms with Crippen molar-refractivity contribution in [3.63, 3.8) is 0 Å². The molecule has 6 nitrogen and oxygen atoms in total. The first-order chi connectivity index (χ1) is 11.0. The van der Waals surface area contributed by atoms with Crippen LogP contribution in [0.4, 0.5) is 0 Å². The number of aryl methyl sites for hydroxylation is 1. The number of carboxylic acid groups (broad SMARTS) is 1. The number of amides is 1. The molecule has 2 heterocycles. The zero-order chi connectivity index (χ0) is 16.6. The average Bonchev–Trinajstić information content (AvgIpc) is 2.52. The van der Waals surface area contributed by atoms with E-state index in [2.05, 4.69) is 4.98 Å². The zero-order valence-corrected chi connectivity index (χ0v) is 12.6. The third-order valence-electron chi connectivity index (χ3n) is 4.02. The number of nitrogens with one attached hydrogen (secondary N) is 1. The van der Waals surface area contributed by atoms with Crippen LogP contribution in [0.15, 0.2) is 41.2 Å². The van der Waals surface area contributed by atoms with Crippen molar-refractivity contribution in [2.24, 2.45) is 0 Å². The summed E-state index contributed by atoms with van der Waals surface area (Å²) in [7, 11) is 0. The van der Waals surface area contributed by atoms with Crippen molar-refractivity contribution in [3.05, 3.63) is 69.1 Å². The van der Waals surface area contributed by atoms with Crippen LogP contribution in [0.2, 0.25) is 0 Å². The number of pyridine rings is 1. The molecular weight excluding hydrogens is 296 g/mol. The summed E-state index contributed by atoms with van der Waals surface area (Å²) < 4.78 is 0. The lowest BCUT2D eigenvalue weighted by Gasteiger charge is -2.34. The summed E-state index contributed by atoms with van der Waals surface area (Å²) in [6.07, 6.45) is 0.263. The number of H-pyrrole nitrogens is 1. The molecular formula is C17H16N2O4. The maximum atomic E-state index is 12.7. The number of benzene rings is 1. The van der Waals surface area contributed by atoms with Gasteiger partial charge in [0, 0.05) is 30.3 Å². The highest BCUT2D eigenvalue weighted by Gasteiger charge is 2.35. The molecule has 0 saturated carbocycles. The fourth-order valence-corrected chi connectivity index (χ4v) is 2.93. The van der Waals surface area contributed by atoms with Crippen LogP contribution < -0.4 is 5.56 Å². The Balaban J connectivity index is 2.00. The first-order valence-corrected chi connectivity index (χ1v) is 7.27. The number of nitrogens with zero attached hydrogens (tertiary/aromatic N) is 1. The Bertz CT molecular complexity index is 840. The van der Waals surface area contributed by atoms with Crippen molar-refractivity contribution < 1.29 is 14.7 Å². The molecule has 1 aliphatic heterocycles. The Kier molecular flexibility index (Phi) is 3.73. The molecule has 1 amide bonds. The van der Waals surface area contributed by atoms with Gasteiger partial charge in [-0.1, -0.05) is 24.3 Å². The SMILES string of the molecule is Cc1cc(C(=O)N2Cc3ccccc3CC2C(=O)O)cc(=O)[nH]1. The van der Waals surface area contributed by atoms with E-state index in [1.165, 1.54) is 11.0 Å². The highest BCUT2D eigenvalue weighted by atomic mass is 16.4. The molecule has 1 aliphatic rings. The fourth-order valence-electron chi connectivity index (χ4n) is 2.93. The minimum Gasteiger partial charge on any atom is -0.480 e. The van der Waals surface area contributed by atoms with Crippen molar-refractivity contribution in [1.82, 2.24) is 9.88 Å². The van der Waals surface area contributed by atoms with Crippen LogP contribution in [-0.2, 0) is 17.8 Å². The Hall–Kier alpha value is -2.89. The molecule has 0 bridgehead atoms. The van der Waals surface area contributed by atoms with Gasteiger partial charge in [0.2, 0.25) is 5.56 Å². The predicted octanol–water partition coefficient (Wildman–Crippen LogP) is 1.34. The van der Waals surface area contributed by atoms with Gasteiger partial charge in [0.1, 0.15) is 6.04 Å². The average molecular weight is 312 g/mol. The van der Waals surface area contributed by atoms with E-state index in [4.69, 9.17) is 0 Å². The third-order valence-corrected chi connectivity index (χ3v) is 4.02. The van der Waals surface area contributed by atoms with E-state index in [0.717, 1.165) is 11.1 Å². The molecule has 0 saturated heterocycles. The molecule has 1 unspecified atom stereocenters. The van der Waals surface area contributed by atoms with Gasteiger partial charge in [0.05, 0.1) is 0 Å². The van der Waals surface area contributed by atoms with E-state index in [1.54, 1.807) is 13.0 Å². The molecule has 3 rings (SSSR count). The zero-order valence-electron chi connectivity index (χ0n) is 12.6. The molecule has 1 aromatic heterocycles. The van der Waals surface area contributed by atoms with Crippen LogP contribution in [0.5, 0.6) is 0 Å². The van der Waals surface area contributed by atoms with E-state index in [-0.39, 0.29) is 24.1 Å². The second-order valence-electron chi connectivity index (χ2n) is 5.68. The van der Waals surface area contributed by atoms with E-state index >= 15 is 0 Å². The normalized spacial score (nSPS) is 16.7. The summed E-state index contributed by atoms with van der Waals surface area (Å²) >= 11 is 0. The smallest absolute Gasteiger partial charge is 0.326 e. The van der Waals surface area contributed by atoms with E-state index in [0.29, 0.717) is 5.69 Å². The Morgan fingerprint density at radius 1 is 1.22 bits per heavy atom. The standard InChI is InChI=1S/C17H16N2O4/c1-10-6-13(8-15(20)18-10)16(21)19-9-12-5-3-2-4-11(12)7-14(19)17(22)23/h2-6,8,14H,7,9H2,1H3,(H,18,20)(H,22,23). The highest BCUT2D eigenvalue weighted by Crippen LogP contribution is 2.25. The Morgan fingerprint density at radius 2 is 1.91 bits per heavy atom. The number of carbonyl (C=O) groups excluding carboxylic acids is 1. The van der Waals surface area contributed by atoms with E-state index in [9.17, 15) is 19.5 Å². The molecule has 1 aromatic carbocycles. The first kappa shape index (κ1) is 15.0. The summed E-state index contributed by atoms with van der Waals surface area (Å²) in [5.74, 6) is -1.49. The highest BCUT2D eigenvalue weighted by molar-refractivity contribution is 5.97. The molecule has 23 heavy (non-hydrogen) atoms. The van der Waals surface area contributed by atoms with Crippen molar-refractivity contribution in [1.29, 1.82) is 0 Å². The van der Waals surface area contributed by atoms with Crippen LogP contribution >= 0.6 is 0 Å². The first-order valence-electron chi connectivity index (χ1n) is 7.27. The molecule has 2 N–H and O–H groups in total. The largest absolute Gasteiger partial charge is 0.480 e. The number of hydrogen-bond acceptors (Lipinski definition) is 3. The van der Waals surface area contributed by atoms with Crippen LogP contribution in [0.3, 0.4) is 0 Å². The van der Waals surface area contributed by atoms with Gasteiger partial charge in [0.25, 0.3) is 5.91 Å². The van der Waals surface area contributed by atoms with Gasteiger partial charge in [-0.2, -0.15) is 0 Å². The number of fused-ring (bicyclic) bond motifs is 1. The molecule has 118 valence electrons. The second kappa shape index (κ2) is 5.72. The lowest BCUT2D eigenvalue weighted by molar-refractivity contribution is -0.142. The summed E-state index contributed by atoms with van der Waals surface area (Å²) in [5.41, 5.74) is 2.26. The molecule has 1 atom stereocenters. The maximum Gasteiger partial charge on any atom is 0.326 e.